The molecular weight excluding hydrogens is 262 g/mol. The van der Waals surface area contributed by atoms with Gasteiger partial charge in [-0.3, -0.25) is 9.36 Å². The lowest BCUT2D eigenvalue weighted by molar-refractivity contribution is 0.345. The van der Waals surface area contributed by atoms with Gasteiger partial charge in [-0.1, -0.05) is 30.9 Å². The van der Waals surface area contributed by atoms with E-state index in [0.717, 1.165) is 29.3 Å². The van der Waals surface area contributed by atoms with Crippen molar-refractivity contribution in [3.05, 3.63) is 40.4 Å². The van der Waals surface area contributed by atoms with Crippen LogP contribution in [0.3, 0.4) is 0 Å². The summed E-state index contributed by atoms with van der Waals surface area (Å²) in [6, 6.07) is 6.48. The van der Waals surface area contributed by atoms with E-state index in [1.54, 1.807) is 6.33 Å². The van der Waals surface area contributed by atoms with Crippen LogP contribution in [0.15, 0.2) is 29.3 Å². The summed E-state index contributed by atoms with van der Waals surface area (Å²) in [4.78, 5) is 20.6. The molecule has 0 atom stereocenters. The molecule has 3 aromatic rings. The Morgan fingerprint density at radius 3 is 2.86 bits per heavy atom. The Labute approximate surface area is 122 Å². The van der Waals surface area contributed by atoms with E-state index < -0.39 is 0 Å². The van der Waals surface area contributed by atoms with Crippen LogP contribution in [-0.2, 0) is 0 Å². The summed E-state index contributed by atoms with van der Waals surface area (Å²) in [5, 5.41) is 1.04. The third-order valence-corrected chi connectivity index (χ3v) is 4.65. The Hall–Kier alpha value is -2.10. The predicted molar refractivity (Wildman–Crippen MR) is 84.7 cm³/mol. The highest BCUT2D eigenvalue weighted by Crippen LogP contribution is 2.28. The fourth-order valence-corrected chi connectivity index (χ4v) is 3.50. The van der Waals surface area contributed by atoms with Gasteiger partial charge in [0.15, 0.2) is 0 Å². The third kappa shape index (κ3) is 1.97. The normalized spacial score (nSPS) is 16.8. The second-order valence-electron chi connectivity index (χ2n) is 6.15. The van der Waals surface area contributed by atoms with Crippen LogP contribution in [0.4, 0.5) is 0 Å². The van der Waals surface area contributed by atoms with Gasteiger partial charge in [-0.05, 0) is 31.9 Å². The number of benzene rings is 1. The maximum absolute atomic E-state index is 12.8. The molecule has 0 unspecified atom stereocenters. The molecular formula is C17H19N3O. The highest BCUT2D eigenvalue weighted by molar-refractivity contribution is 6.04. The molecule has 0 aliphatic heterocycles. The largest absolute Gasteiger partial charge is 0.349 e. The minimum Gasteiger partial charge on any atom is -0.349 e. The molecule has 2 aromatic heterocycles. The lowest BCUT2D eigenvalue weighted by atomic mass is 9.95. The summed E-state index contributed by atoms with van der Waals surface area (Å²) >= 11 is 0. The van der Waals surface area contributed by atoms with Crippen LogP contribution in [0.5, 0.6) is 0 Å². The minimum absolute atomic E-state index is 0.0701. The van der Waals surface area contributed by atoms with E-state index >= 15 is 0 Å². The van der Waals surface area contributed by atoms with Crippen LogP contribution in [0, 0.1) is 6.92 Å². The van der Waals surface area contributed by atoms with E-state index in [0.29, 0.717) is 11.6 Å². The van der Waals surface area contributed by atoms with E-state index in [2.05, 4.69) is 29.0 Å². The van der Waals surface area contributed by atoms with Crippen LogP contribution in [-0.4, -0.2) is 14.5 Å². The number of aromatic nitrogens is 3. The first-order valence-corrected chi connectivity index (χ1v) is 7.73. The highest BCUT2D eigenvalue weighted by Gasteiger charge is 2.19. The molecule has 1 saturated carbocycles. The first-order valence-electron chi connectivity index (χ1n) is 7.73. The number of rotatable bonds is 1. The molecule has 21 heavy (non-hydrogen) atoms. The first-order chi connectivity index (χ1) is 10.2. The summed E-state index contributed by atoms with van der Waals surface area (Å²) in [5.74, 6) is 0. The summed E-state index contributed by atoms with van der Waals surface area (Å²) in [6.45, 7) is 2.06. The number of H-pyrrole nitrogens is 1. The van der Waals surface area contributed by atoms with Crippen molar-refractivity contribution in [3.63, 3.8) is 0 Å². The van der Waals surface area contributed by atoms with Gasteiger partial charge in [0.05, 0.1) is 6.33 Å². The predicted octanol–water partition coefficient (Wildman–Crippen LogP) is 3.69. The number of aryl methyl sites for hydroxylation is 1. The molecule has 0 saturated heterocycles. The molecule has 4 rings (SSSR count). The average Bonchev–Trinajstić information content (AvgIpc) is 2.87. The summed E-state index contributed by atoms with van der Waals surface area (Å²) in [5.41, 5.74) is 3.68. The van der Waals surface area contributed by atoms with Crippen LogP contribution in [0.1, 0.15) is 43.7 Å². The molecule has 0 radical (unpaired) electrons. The molecule has 1 N–H and O–H groups in total. The number of nitrogens with zero attached hydrogens (tertiary/aromatic N) is 2. The van der Waals surface area contributed by atoms with Crippen molar-refractivity contribution in [2.45, 2.75) is 45.1 Å². The van der Waals surface area contributed by atoms with E-state index in [4.69, 9.17) is 0 Å². The van der Waals surface area contributed by atoms with Crippen LogP contribution in [0.25, 0.3) is 21.9 Å². The van der Waals surface area contributed by atoms with Gasteiger partial charge in [0, 0.05) is 16.9 Å². The van der Waals surface area contributed by atoms with Gasteiger partial charge in [0.25, 0.3) is 5.56 Å². The quantitative estimate of drug-likeness (QED) is 0.739. The molecule has 0 bridgehead atoms. The topological polar surface area (TPSA) is 50.7 Å². The van der Waals surface area contributed by atoms with Crippen molar-refractivity contribution in [3.8, 4) is 0 Å². The van der Waals surface area contributed by atoms with Gasteiger partial charge in [0.1, 0.15) is 11.0 Å². The molecule has 0 amide bonds. The number of aromatic amines is 1. The second-order valence-corrected chi connectivity index (χ2v) is 6.15. The smallest absolute Gasteiger partial charge is 0.277 e. The fraction of sp³-hybridized carbons (Fsp3) is 0.412. The minimum atomic E-state index is 0.0701. The van der Waals surface area contributed by atoms with Gasteiger partial charge < -0.3 is 4.98 Å². The van der Waals surface area contributed by atoms with Gasteiger partial charge in [-0.2, -0.15) is 0 Å². The monoisotopic (exact) mass is 281 g/mol. The first kappa shape index (κ1) is 12.6. The van der Waals surface area contributed by atoms with Crippen molar-refractivity contribution in [1.29, 1.82) is 0 Å². The summed E-state index contributed by atoms with van der Waals surface area (Å²) < 4.78 is 1.84. The molecule has 1 aromatic carbocycles. The lowest BCUT2D eigenvalue weighted by Crippen LogP contribution is -2.26. The zero-order valence-electron chi connectivity index (χ0n) is 12.2. The lowest BCUT2D eigenvalue weighted by Gasteiger charge is -2.23. The third-order valence-electron chi connectivity index (χ3n) is 4.65. The standard InChI is InChI=1S/C17H19N3O/c1-11-7-8-14-13(9-11)15-16(19-14)17(21)20(10-18-15)12-5-3-2-4-6-12/h7-10,12,19H,2-6H2,1H3. The van der Waals surface area contributed by atoms with Crippen molar-refractivity contribution < 1.29 is 0 Å². The van der Waals surface area contributed by atoms with Gasteiger partial charge in [-0.15, -0.1) is 0 Å². The SMILES string of the molecule is Cc1ccc2[nH]c3c(=O)n(C4CCCCC4)cnc3c2c1. The molecule has 1 aliphatic rings. The molecule has 0 spiro atoms. The van der Waals surface area contributed by atoms with Crippen LogP contribution in [0.2, 0.25) is 0 Å². The Morgan fingerprint density at radius 1 is 1.24 bits per heavy atom. The zero-order chi connectivity index (χ0) is 14.4. The molecule has 4 nitrogen and oxygen atoms in total. The second kappa shape index (κ2) is 4.72. The molecule has 1 aliphatic carbocycles. The Balaban J connectivity index is 1.94. The number of hydrogen-bond acceptors (Lipinski definition) is 2. The summed E-state index contributed by atoms with van der Waals surface area (Å²) in [6.07, 6.45) is 7.63. The van der Waals surface area contributed by atoms with E-state index in [1.165, 1.54) is 24.8 Å². The molecule has 1 fully saturated rings. The zero-order valence-corrected chi connectivity index (χ0v) is 12.2. The number of hydrogen-bond donors (Lipinski definition) is 1. The van der Waals surface area contributed by atoms with Crippen molar-refractivity contribution >= 4 is 21.9 Å². The van der Waals surface area contributed by atoms with E-state index in [-0.39, 0.29) is 5.56 Å². The van der Waals surface area contributed by atoms with Crippen LogP contribution >= 0.6 is 0 Å². The van der Waals surface area contributed by atoms with Crippen molar-refractivity contribution in [2.24, 2.45) is 0 Å². The fourth-order valence-electron chi connectivity index (χ4n) is 3.50. The number of fused-ring (bicyclic) bond motifs is 3. The van der Waals surface area contributed by atoms with Gasteiger partial charge in [0.2, 0.25) is 0 Å². The molecule has 108 valence electrons. The summed E-state index contributed by atoms with van der Waals surface area (Å²) in [7, 11) is 0. The molecule has 2 heterocycles. The average molecular weight is 281 g/mol. The van der Waals surface area contributed by atoms with Crippen LogP contribution < -0.4 is 5.56 Å². The highest BCUT2D eigenvalue weighted by atomic mass is 16.1. The number of nitrogens with one attached hydrogen (secondary N) is 1. The van der Waals surface area contributed by atoms with Gasteiger partial charge >= 0.3 is 0 Å². The van der Waals surface area contributed by atoms with Crippen molar-refractivity contribution in [1.82, 2.24) is 14.5 Å². The Bertz CT molecular complexity index is 869. The molecule has 4 heteroatoms. The van der Waals surface area contributed by atoms with E-state index in [1.807, 2.05) is 10.6 Å². The van der Waals surface area contributed by atoms with E-state index in [9.17, 15) is 4.79 Å². The maximum Gasteiger partial charge on any atom is 0.277 e. The van der Waals surface area contributed by atoms with Gasteiger partial charge in [-0.25, -0.2) is 4.98 Å². The Kier molecular flexibility index (Phi) is 2.84. The maximum atomic E-state index is 12.8. The van der Waals surface area contributed by atoms with Crippen molar-refractivity contribution in [2.75, 3.05) is 0 Å². The Morgan fingerprint density at radius 2 is 2.05 bits per heavy atom.